The van der Waals surface area contributed by atoms with E-state index in [1.54, 1.807) is 43.3 Å². The van der Waals surface area contributed by atoms with Gasteiger partial charge in [-0.2, -0.15) is 5.26 Å². The van der Waals surface area contributed by atoms with Crippen molar-refractivity contribution in [3.8, 4) is 11.8 Å². The van der Waals surface area contributed by atoms with E-state index < -0.39 is 6.04 Å². The van der Waals surface area contributed by atoms with Crippen LogP contribution in [0.5, 0.6) is 5.75 Å². The van der Waals surface area contributed by atoms with E-state index in [1.807, 2.05) is 6.07 Å². The van der Waals surface area contributed by atoms with Crippen LogP contribution >= 0.6 is 0 Å². The van der Waals surface area contributed by atoms with E-state index in [2.05, 4.69) is 0 Å². The van der Waals surface area contributed by atoms with Crippen LogP contribution in [0.1, 0.15) is 18.4 Å². The number of amides is 2. The molecule has 6 nitrogen and oxygen atoms in total. The average Bonchev–Trinajstić information content (AvgIpc) is 3.01. The maximum absolute atomic E-state index is 12.3. The second-order valence-electron chi connectivity index (χ2n) is 5.37. The average molecular weight is 301 g/mol. The SMILES string of the molecule is CN(C)C(=O)C1CCCN1C(=O)COc1ccccc1C#N. The van der Waals surface area contributed by atoms with E-state index in [0.29, 0.717) is 24.3 Å². The molecule has 1 unspecified atom stereocenters. The second-order valence-corrected chi connectivity index (χ2v) is 5.37. The van der Waals surface area contributed by atoms with Gasteiger partial charge >= 0.3 is 0 Å². The predicted molar refractivity (Wildman–Crippen MR) is 80.1 cm³/mol. The summed E-state index contributed by atoms with van der Waals surface area (Å²) in [6, 6.07) is 8.38. The summed E-state index contributed by atoms with van der Waals surface area (Å²) in [6.07, 6.45) is 1.49. The molecule has 0 spiro atoms. The molecule has 0 aliphatic carbocycles. The third-order valence-electron chi connectivity index (χ3n) is 3.66. The maximum Gasteiger partial charge on any atom is 0.261 e. The zero-order valence-corrected chi connectivity index (χ0v) is 12.8. The van der Waals surface area contributed by atoms with Crippen molar-refractivity contribution in [2.24, 2.45) is 0 Å². The molecule has 0 radical (unpaired) electrons. The molecule has 0 bridgehead atoms. The van der Waals surface area contributed by atoms with Crippen LogP contribution in [0, 0.1) is 11.3 Å². The van der Waals surface area contributed by atoms with E-state index in [4.69, 9.17) is 10.00 Å². The van der Waals surface area contributed by atoms with Crippen molar-refractivity contribution in [2.75, 3.05) is 27.2 Å². The Balaban J connectivity index is 2.00. The van der Waals surface area contributed by atoms with E-state index in [0.717, 1.165) is 6.42 Å². The molecule has 1 atom stereocenters. The van der Waals surface area contributed by atoms with Crippen molar-refractivity contribution in [1.29, 1.82) is 5.26 Å². The van der Waals surface area contributed by atoms with Crippen LogP contribution < -0.4 is 4.74 Å². The molecule has 1 aliphatic rings. The van der Waals surface area contributed by atoms with Gasteiger partial charge in [0.1, 0.15) is 17.9 Å². The number of likely N-dealkylation sites (tertiary alicyclic amines) is 1. The summed E-state index contributed by atoms with van der Waals surface area (Å²) in [4.78, 5) is 27.5. The molecular formula is C16H19N3O3. The highest BCUT2D eigenvalue weighted by Gasteiger charge is 2.34. The van der Waals surface area contributed by atoms with Gasteiger partial charge in [-0.05, 0) is 25.0 Å². The summed E-state index contributed by atoms with van der Waals surface area (Å²) in [5.74, 6) is 0.0850. The van der Waals surface area contributed by atoms with E-state index in [1.165, 1.54) is 4.90 Å². The highest BCUT2D eigenvalue weighted by atomic mass is 16.5. The largest absolute Gasteiger partial charge is 0.482 e. The number of rotatable bonds is 4. The van der Waals surface area contributed by atoms with Crippen LogP contribution in [0.25, 0.3) is 0 Å². The Bertz CT molecular complexity index is 607. The number of carbonyl (C=O) groups excluding carboxylic acids is 2. The molecule has 2 amide bonds. The molecule has 1 saturated heterocycles. The monoisotopic (exact) mass is 301 g/mol. The van der Waals surface area contributed by atoms with Gasteiger partial charge in [-0.15, -0.1) is 0 Å². The molecule has 6 heteroatoms. The number of likely N-dealkylation sites (N-methyl/N-ethyl adjacent to an activating group) is 1. The van der Waals surface area contributed by atoms with Gasteiger partial charge in [-0.1, -0.05) is 12.1 Å². The summed E-state index contributed by atoms with van der Waals surface area (Å²) in [7, 11) is 3.37. The Morgan fingerprint density at radius 2 is 2.14 bits per heavy atom. The zero-order valence-electron chi connectivity index (χ0n) is 12.8. The minimum absolute atomic E-state index is 0.0664. The molecular weight excluding hydrogens is 282 g/mol. The Morgan fingerprint density at radius 1 is 1.41 bits per heavy atom. The second kappa shape index (κ2) is 6.94. The minimum Gasteiger partial charge on any atom is -0.482 e. The number of nitriles is 1. The van der Waals surface area contributed by atoms with Crippen LogP contribution in [0.4, 0.5) is 0 Å². The summed E-state index contributed by atoms with van der Waals surface area (Å²) >= 11 is 0. The molecule has 22 heavy (non-hydrogen) atoms. The Morgan fingerprint density at radius 3 is 2.82 bits per heavy atom. The van der Waals surface area contributed by atoms with Crippen LogP contribution in [-0.4, -0.2) is 54.9 Å². The minimum atomic E-state index is -0.405. The summed E-state index contributed by atoms with van der Waals surface area (Å²) < 4.78 is 5.45. The fourth-order valence-corrected chi connectivity index (χ4v) is 2.53. The Kier molecular flexibility index (Phi) is 4.99. The van der Waals surface area contributed by atoms with Gasteiger partial charge in [-0.3, -0.25) is 9.59 Å². The number of hydrogen-bond donors (Lipinski definition) is 0. The fraction of sp³-hybridized carbons (Fsp3) is 0.438. The standard InChI is InChI=1S/C16H19N3O3/c1-18(2)16(21)13-7-5-9-19(13)15(20)11-22-14-8-4-3-6-12(14)10-17/h3-4,6,8,13H,5,7,9,11H2,1-2H3. The Hall–Kier alpha value is -2.55. The van der Waals surface area contributed by atoms with Crippen LogP contribution in [-0.2, 0) is 9.59 Å². The third kappa shape index (κ3) is 3.37. The van der Waals surface area contributed by atoms with E-state index in [-0.39, 0.29) is 18.4 Å². The quantitative estimate of drug-likeness (QED) is 0.832. The lowest BCUT2D eigenvalue weighted by Gasteiger charge is -2.26. The lowest BCUT2D eigenvalue weighted by atomic mass is 10.2. The summed E-state index contributed by atoms with van der Waals surface area (Å²) in [5.41, 5.74) is 0.387. The number of benzene rings is 1. The van der Waals surface area contributed by atoms with Crippen LogP contribution in [0.2, 0.25) is 0 Å². The van der Waals surface area contributed by atoms with Crippen LogP contribution in [0.15, 0.2) is 24.3 Å². The number of nitrogens with zero attached hydrogens (tertiary/aromatic N) is 3. The number of carbonyl (C=O) groups is 2. The van der Waals surface area contributed by atoms with Gasteiger partial charge in [0.25, 0.3) is 5.91 Å². The molecule has 0 saturated carbocycles. The number of para-hydroxylation sites is 1. The third-order valence-corrected chi connectivity index (χ3v) is 3.66. The predicted octanol–water partition coefficient (Wildman–Crippen LogP) is 1.02. The van der Waals surface area contributed by atoms with Gasteiger partial charge in [0.2, 0.25) is 5.91 Å². The van der Waals surface area contributed by atoms with Gasteiger partial charge < -0.3 is 14.5 Å². The highest BCUT2D eigenvalue weighted by Crippen LogP contribution is 2.20. The van der Waals surface area contributed by atoms with Crippen molar-refractivity contribution in [3.05, 3.63) is 29.8 Å². The summed E-state index contributed by atoms with van der Waals surface area (Å²) in [6.45, 7) is 0.391. The molecule has 2 rings (SSSR count). The highest BCUT2D eigenvalue weighted by molar-refractivity contribution is 5.88. The van der Waals surface area contributed by atoms with E-state index in [9.17, 15) is 9.59 Å². The lowest BCUT2D eigenvalue weighted by molar-refractivity contribution is -0.143. The molecule has 0 aromatic heterocycles. The zero-order chi connectivity index (χ0) is 16.1. The lowest BCUT2D eigenvalue weighted by Crippen LogP contribution is -2.47. The van der Waals surface area contributed by atoms with Gasteiger partial charge in [0, 0.05) is 20.6 Å². The van der Waals surface area contributed by atoms with Crippen molar-refractivity contribution in [2.45, 2.75) is 18.9 Å². The van der Waals surface area contributed by atoms with Gasteiger partial charge in [-0.25, -0.2) is 0 Å². The molecule has 116 valence electrons. The molecule has 1 heterocycles. The first-order valence-electron chi connectivity index (χ1n) is 7.17. The molecule has 1 aliphatic heterocycles. The Labute approximate surface area is 129 Å². The maximum atomic E-state index is 12.3. The first-order chi connectivity index (χ1) is 10.5. The molecule has 1 aromatic rings. The first kappa shape index (κ1) is 15.8. The van der Waals surface area contributed by atoms with Crippen molar-refractivity contribution in [3.63, 3.8) is 0 Å². The van der Waals surface area contributed by atoms with Gasteiger partial charge in [0.05, 0.1) is 5.56 Å². The molecule has 1 aromatic carbocycles. The summed E-state index contributed by atoms with van der Waals surface area (Å²) in [5, 5.41) is 9.00. The number of hydrogen-bond acceptors (Lipinski definition) is 4. The van der Waals surface area contributed by atoms with Crippen molar-refractivity contribution >= 4 is 11.8 Å². The van der Waals surface area contributed by atoms with Crippen molar-refractivity contribution < 1.29 is 14.3 Å². The van der Waals surface area contributed by atoms with Gasteiger partial charge in [0.15, 0.2) is 6.61 Å². The number of ether oxygens (including phenoxy) is 1. The first-order valence-corrected chi connectivity index (χ1v) is 7.17. The topological polar surface area (TPSA) is 73.6 Å². The normalized spacial score (nSPS) is 17.0. The van der Waals surface area contributed by atoms with E-state index >= 15 is 0 Å². The molecule has 0 N–H and O–H groups in total. The smallest absolute Gasteiger partial charge is 0.261 e. The fourth-order valence-electron chi connectivity index (χ4n) is 2.53. The molecule has 1 fully saturated rings. The van der Waals surface area contributed by atoms with Crippen molar-refractivity contribution in [1.82, 2.24) is 9.80 Å². The van der Waals surface area contributed by atoms with Crippen LogP contribution in [0.3, 0.4) is 0 Å².